The maximum absolute atomic E-state index is 5.93. The van der Waals surface area contributed by atoms with Crippen molar-refractivity contribution < 1.29 is 4.43 Å². The molecule has 0 aliphatic rings. The minimum absolute atomic E-state index is 0.294. The molecule has 21 heavy (non-hydrogen) atoms. The van der Waals surface area contributed by atoms with Gasteiger partial charge in [-0.15, -0.1) is 11.6 Å². The summed E-state index contributed by atoms with van der Waals surface area (Å²) in [5, 5.41) is 0. The van der Waals surface area contributed by atoms with E-state index in [1.807, 2.05) is 0 Å². The lowest BCUT2D eigenvalue weighted by atomic mass is 10.0. The Morgan fingerprint density at radius 1 is 0.810 bits per heavy atom. The highest BCUT2D eigenvalue weighted by Gasteiger charge is 2.10. The van der Waals surface area contributed by atoms with E-state index < -0.39 is 0 Å². The molecule has 0 aliphatic carbocycles. The van der Waals surface area contributed by atoms with Crippen molar-refractivity contribution >= 4 is 21.4 Å². The predicted molar refractivity (Wildman–Crippen MR) is 90.9 cm³/mol. The Morgan fingerprint density at radius 3 is 1.71 bits per heavy atom. The van der Waals surface area contributed by atoms with Crippen LogP contribution in [0.4, 0.5) is 0 Å². The third kappa shape index (κ3) is 6.47. The van der Waals surface area contributed by atoms with Crippen molar-refractivity contribution in [1.29, 1.82) is 0 Å². The fraction of sp³-hybridized carbons (Fsp3) is 0.333. The zero-order valence-electron chi connectivity index (χ0n) is 12.2. The molecule has 0 bridgehead atoms. The van der Waals surface area contributed by atoms with Crippen LogP contribution in [-0.4, -0.2) is 21.4 Å². The quantitative estimate of drug-likeness (QED) is 0.490. The van der Waals surface area contributed by atoms with E-state index in [0.717, 1.165) is 25.7 Å². The Hall–Kier alpha value is -1.09. The average Bonchev–Trinajstić information content (AvgIpc) is 2.56. The maximum atomic E-state index is 5.93. The van der Waals surface area contributed by atoms with Crippen LogP contribution in [0, 0.1) is 0 Å². The summed E-state index contributed by atoms with van der Waals surface area (Å²) in [7, 11) is 0.396. The second kappa shape index (κ2) is 9.77. The zero-order chi connectivity index (χ0) is 14.8. The Bertz CT molecular complexity index is 446. The topological polar surface area (TPSA) is 9.23 Å². The van der Waals surface area contributed by atoms with E-state index in [-0.39, 0.29) is 0 Å². The van der Waals surface area contributed by atoms with Crippen LogP contribution in [-0.2, 0) is 17.3 Å². The molecule has 0 saturated carbocycles. The summed E-state index contributed by atoms with van der Waals surface area (Å²) >= 11 is 5.77. The van der Waals surface area contributed by atoms with Gasteiger partial charge in [0.05, 0.1) is 0 Å². The SMILES string of the molecule is ClC[Si]OC(CCc1ccccc1)CCc1ccccc1. The number of hydrogen-bond donors (Lipinski definition) is 0. The zero-order valence-corrected chi connectivity index (χ0v) is 13.9. The van der Waals surface area contributed by atoms with Crippen LogP contribution in [0.3, 0.4) is 0 Å². The second-order valence-corrected chi connectivity index (χ2v) is 6.66. The molecule has 0 aromatic heterocycles. The van der Waals surface area contributed by atoms with Gasteiger partial charge in [-0.25, -0.2) is 0 Å². The average molecular weight is 317 g/mol. The highest BCUT2D eigenvalue weighted by Crippen LogP contribution is 2.13. The minimum Gasteiger partial charge on any atom is -0.413 e. The molecule has 0 N–H and O–H groups in total. The Kier molecular flexibility index (Phi) is 7.58. The highest BCUT2D eigenvalue weighted by molar-refractivity contribution is 6.45. The molecule has 2 rings (SSSR count). The lowest BCUT2D eigenvalue weighted by molar-refractivity contribution is 0.192. The van der Waals surface area contributed by atoms with Crippen LogP contribution >= 0.6 is 11.6 Å². The van der Waals surface area contributed by atoms with E-state index in [0.29, 0.717) is 21.4 Å². The molecule has 0 atom stereocenters. The summed E-state index contributed by atoms with van der Waals surface area (Å²) in [6, 6.07) is 21.2. The molecule has 0 amide bonds. The van der Waals surface area contributed by atoms with Crippen LogP contribution in [0.1, 0.15) is 24.0 Å². The Labute approximate surface area is 135 Å². The molecule has 2 aromatic carbocycles. The van der Waals surface area contributed by atoms with Gasteiger partial charge < -0.3 is 4.43 Å². The van der Waals surface area contributed by atoms with Crippen molar-refractivity contribution in [2.24, 2.45) is 0 Å². The summed E-state index contributed by atoms with van der Waals surface area (Å²) < 4.78 is 5.93. The Balaban J connectivity index is 1.82. The fourth-order valence-corrected chi connectivity index (χ4v) is 3.08. The van der Waals surface area contributed by atoms with Crippen LogP contribution < -0.4 is 0 Å². The number of rotatable bonds is 9. The summed E-state index contributed by atoms with van der Waals surface area (Å²) in [6.07, 6.45) is 4.53. The predicted octanol–water partition coefficient (Wildman–Crippen LogP) is 4.45. The number of halogens is 1. The molecule has 2 radical (unpaired) electrons. The van der Waals surface area contributed by atoms with Gasteiger partial charge in [0.1, 0.15) is 0 Å². The van der Waals surface area contributed by atoms with Crippen molar-refractivity contribution in [2.75, 3.05) is 5.50 Å². The van der Waals surface area contributed by atoms with E-state index in [1.54, 1.807) is 0 Å². The summed E-state index contributed by atoms with van der Waals surface area (Å²) in [4.78, 5) is 0. The van der Waals surface area contributed by atoms with Gasteiger partial charge in [-0.05, 0) is 36.8 Å². The van der Waals surface area contributed by atoms with E-state index in [9.17, 15) is 0 Å². The number of alkyl halides is 1. The molecule has 1 nitrogen and oxygen atoms in total. The molecule has 0 aliphatic heterocycles. The molecule has 0 spiro atoms. The number of benzene rings is 2. The van der Waals surface area contributed by atoms with Gasteiger partial charge in [0.2, 0.25) is 9.76 Å². The van der Waals surface area contributed by atoms with Crippen LogP contribution in [0.15, 0.2) is 60.7 Å². The third-order valence-electron chi connectivity index (χ3n) is 3.50. The van der Waals surface area contributed by atoms with Gasteiger partial charge in [0, 0.05) is 11.6 Å². The molecule has 3 heteroatoms. The molecule has 0 heterocycles. The smallest absolute Gasteiger partial charge is 0.246 e. The van der Waals surface area contributed by atoms with Gasteiger partial charge in [0.25, 0.3) is 0 Å². The summed E-state index contributed by atoms with van der Waals surface area (Å²) in [5.74, 6) is 0. The first-order chi connectivity index (χ1) is 10.4. The molecular formula is C18H21ClOSi. The summed E-state index contributed by atoms with van der Waals surface area (Å²) in [5.41, 5.74) is 3.34. The molecule has 0 saturated heterocycles. The molecular weight excluding hydrogens is 296 g/mol. The molecule has 2 aromatic rings. The van der Waals surface area contributed by atoms with Gasteiger partial charge in [-0.2, -0.15) is 0 Å². The van der Waals surface area contributed by atoms with Gasteiger partial charge in [-0.1, -0.05) is 60.7 Å². The van der Waals surface area contributed by atoms with E-state index >= 15 is 0 Å². The van der Waals surface area contributed by atoms with Crippen molar-refractivity contribution in [3.63, 3.8) is 0 Å². The highest BCUT2D eigenvalue weighted by atomic mass is 35.5. The maximum Gasteiger partial charge on any atom is 0.246 e. The number of hydrogen-bond acceptors (Lipinski definition) is 1. The van der Waals surface area contributed by atoms with Gasteiger partial charge in [0.15, 0.2) is 0 Å². The lowest BCUT2D eigenvalue weighted by Gasteiger charge is -2.17. The third-order valence-corrected chi connectivity index (χ3v) is 4.44. The number of aryl methyl sites for hydroxylation is 2. The van der Waals surface area contributed by atoms with Crippen molar-refractivity contribution in [3.05, 3.63) is 71.8 Å². The normalized spacial score (nSPS) is 11.0. The van der Waals surface area contributed by atoms with Gasteiger partial charge in [-0.3, -0.25) is 0 Å². The summed E-state index contributed by atoms with van der Waals surface area (Å²) in [6.45, 7) is 0. The van der Waals surface area contributed by atoms with Crippen LogP contribution in [0.5, 0.6) is 0 Å². The van der Waals surface area contributed by atoms with Crippen molar-refractivity contribution in [2.45, 2.75) is 31.8 Å². The minimum atomic E-state index is 0.294. The second-order valence-electron chi connectivity index (χ2n) is 5.07. The van der Waals surface area contributed by atoms with E-state index in [2.05, 4.69) is 60.7 Å². The van der Waals surface area contributed by atoms with Gasteiger partial charge >= 0.3 is 0 Å². The monoisotopic (exact) mass is 316 g/mol. The van der Waals surface area contributed by atoms with Crippen LogP contribution in [0.2, 0.25) is 0 Å². The van der Waals surface area contributed by atoms with Crippen molar-refractivity contribution in [1.82, 2.24) is 0 Å². The Morgan fingerprint density at radius 2 is 1.29 bits per heavy atom. The van der Waals surface area contributed by atoms with Crippen LogP contribution in [0.25, 0.3) is 0 Å². The first-order valence-corrected chi connectivity index (χ1v) is 9.06. The first-order valence-electron chi connectivity index (χ1n) is 7.41. The molecule has 0 fully saturated rings. The molecule has 110 valence electrons. The first kappa shape index (κ1) is 16.3. The van der Waals surface area contributed by atoms with E-state index in [1.165, 1.54) is 11.1 Å². The molecule has 0 unspecified atom stereocenters. The fourth-order valence-electron chi connectivity index (χ4n) is 2.36. The lowest BCUT2D eigenvalue weighted by Crippen LogP contribution is -2.18. The van der Waals surface area contributed by atoms with E-state index in [4.69, 9.17) is 16.0 Å². The standard InChI is InChI=1S/C18H21ClOSi/c19-15-21-20-18(13-11-16-7-3-1-4-8-16)14-12-17-9-5-2-6-10-17/h1-10,18H,11-15H2. The largest absolute Gasteiger partial charge is 0.413 e. The van der Waals surface area contributed by atoms with Crippen molar-refractivity contribution in [3.8, 4) is 0 Å².